The Labute approximate surface area is 141 Å². The summed E-state index contributed by atoms with van der Waals surface area (Å²) >= 11 is 0. The first-order valence-corrected chi connectivity index (χ1v) is 9.03. The summed E-state index contributed by atoms with van der Waals surface area (Å²) in [7, 11) is -3.86. The average Bonchev–Trinajstić information content (AvgIpc) is 2.55. The molecule has 0 fully saturated rings. The number of anilines is 2. The van der Waals surface area contributed by atoms with Crippen LogP contribution in [0.5, 0.6) is 0 Å². The number of sulfonamides is 1. The molecule has 1 atom stereocenters. The van der Waals surface area contributed by atoms with E-state index in [4.69, 9.17) is 0 Å². The highest BCUT2D eigenvalue weighted by Crippen LogP contribution is 2.23. The van der Waals surface area contributed by atoms with Crippen LogP contribution in [0.3, 0.4) is 0 Å². The molecule has 2 rings (SSSR count). The van der Waals surface area contributed by atoms with E-state index in [0.717, 1.165) is 6.42 Å². The molecule has 0 aliphatic rings. The smallest absolute Gasteiger partial charge is 0.337 e. The zero-order valence-corrected chi connectivity index (χ0v) is 14.3. The minimum atomic E-state index is -3.86. The molecule has 3 N–H and O–H groups in total. The fraction of sp³-hybridized carbons (Fsp3) is 0.235. The molecular formula is C17H20N2O4S. The highest BCUT2D eigenvalue weighted by atomic mass is 32.2. The van der Waals surface area contributed by atoms with Gasteiger partial charge in [0.1, 0.15) is 0 Å². The number of carboxylic acids is 1. The maximum Gasteiger partial charge on any atom is 0.337 e. The first-order chi connectivity index (χ1) is 11.3. The number of carbonyl (C=O) groups is 1. The van der Waals surface area contributed by atoms with Crippen molar-refractivity contribution in [3.05, 3.63) is 54.1 Å². The van der Waals surface area contributed by atoms with Gasteiger partial charge in [0, 0.05) is 17.4 Å². The summed E-state index contributed by atoms with van der Waals surface area (Å²) in [5, 5.41) is 12.4. The molecule has 0 aliphatic carbocycles. The molecule has 0 radical (unpaired) electrons. The summed E-state index contributed by atoms with van der Waals surface area (Å²) in [4.78, 5) is 11.4. The van der Waals surface area contributed by atoms with E-state index in [-0.39, 0.29) is 16.5 Å². The standard InChI is InChI=1S/C17H20N2O4S/c1-3-12(2)18-16-10-9-14(11-15(16)17(20)21)24(22,23)19-13-7-5-4-6-8-13/h4-12,18-19H,3H2,1-2H3,(H,20,21)/t12-/m1/s1. The molecule has 0 aliphatic heterocycles. The van der Waals surface area contributed by atoms with Crippen molar-refractivity contribution in [2.45, 2.75) is 31.2 Å². The highest BCUT2D eigenvalue weighted by molar-refractivity contribution is 7.92. The fourth-order valence-corrected chi connectivity index (χ4v) is 3.17. The Hall–Kier alpha value is -2.54. The second-order valence-corrected chi connectivity index (χ2v) is 7.12. The first kappa shape index (κ1) is 17.8. The van der Waals surface area contributed by atoms with E-state index in [1.165, 1.54) is 18.2 Å². The van der Waals surface area contributed by atoms with Gasteiger partial charge in [0.25, 0.3) is 10.0 Å². The lowest BCUT2D eigenvalue weighted by Gasteiger charge is -2.16. The van der Waals surface area contributed by atoms with Crippen LogP contribution in [0.2, 0.25) is 0 Å². The molecule has 6 nitrogen and oxygen atoms in total. The predicted molar refractivity (Wildman–Crippen MR) is 94.0 cm³/mol. The van der Waals surface area contributed by atoms with Gasteiger partial charge < -0.3 is 10.4 Å². The van der Waals surface area contributed by atoms with Crippen LogP contribution in [0.1, 0.15) is 30.6 Å². The molecule has 2 aromatic carbocycles. The number of carboxylic acid groups (broad SMARTS) is 1. The van der Waals surface area contributed by atoms with Crippen molar-refractivity contribution in [2.24, 2.45) is 0 Å². The number of aromatic carboxylic acids is 1. The summed E-state index contributed by atoms with van der Waals surface area (Å²) < 4.78 is 27.3. The third kappa shape index (κ3) is 4.26. The van der Waals surface area contributed by atoms with Gasteiger partial charge in [-0.25, -0.2) is 13.2 Å². The van der Waals surface area contributed by atoms with Crippen LogP contribution in [0.25, 0.3) is 0 Å². The molecule has 128 valence electrons. The molecule has 0 unspecified atom stereocenters. The van der Waals surface area contributed by atoms with Crippen LogP contribution >= 0.6 is 0 Å². The largest absolute Gasteiger partial charge is 0.478 e. The van der Waals surface area contributed by atoms with Crippen LogP contribution < -0.4 is 10.0 Å². The minimum absolute atomic E-state index is 0.0769. The SMILES string of the molecule is CC[C@@H](C)Nc1ccc(S(=O)(=O)Nc2ccccc2)cc1C(=O)O. The summed E-state index contributed by atoms with van der Waals surface area (Å²) in [6.07, 6.45) is 0.814. The van der Waals surface area contributed by atoms with Crippen molar-refractivity contribution >= 4 is 27.4 Å². The number of para-hydroxylation sites is 1. The first-order valence-electron chi connectivity index (χ1n) is 7.55. The fourth-order valence-electron chi connectivity index (χ4n) is 2.08. The normalized spacial score (nSPS) is 12.4. The van der Waals surface area contributed by atoms with E-state index in [0.29, 0.717) is 11.4 Å². The summed E-state index contributed by atoms with van der Waals surface area (Å²) in [6, 6.07) is 12.5. The summed E-state index contributed by atoms with van der Waals surface area (Å²) in [5.74, 6) is -1.18. The van der Waals surface area contributed by atoms with Gasteiger partial charge in [-0.3, -0.25) is 4.72 Å². The average molecular weight is 348 g/mol. The molecule has 24 heavy (non-hydrogen) atoms. The van der Waals surface area contributed by atoms with Crippen molar-refractivity contribution in [3.8, 4) is 0 Å². The van der Waals surface area contributed by atoms with Crippen LogP contribution in [-0.2, 0) is 10.0 Å². The monoisotopic (exact) mass is 348 g/mol. The summed E-state index contributed by atoms with van der Waals surface area (Å²) in [6.45, 7) is 3.90. The molecule has 0 saturated heterocycles. The van der Waals surface area contributed by atoms with Gasteiger partial charge >= 0.3 is 5.97 Å². The van der Waals surface area contributed by atoms with E-state index in [2.05, 4.69) is 10.0 Å². The number of hydrogen-bond donors (Lipinski definition) is 3. The molecule has 0 heterocycles. The van der Waals surface area contributed by atoms with Gasteiger partial charge in [-0.15, -0.1) is 0 Å². The topological polar surface area (TPSA) is 95.5 Å². The molecule has 7 heteroatoms. The minimum Gasteiger partial charge on any atom is -0.478 e. The molecule has 0 amide bonds. The Balaban J connectivity index is 2.37. The lowest BCUT2D eigenvalue weighted by Crippen LogP contribution is -2.18. The quantitative estimate of drug-likeness (QED) is 0.713. The Kier molecular flexibility index (Phi) is 5.46. The highest BCUT2D eigenvalue weighted by Gasteiger charge is 2.19. The van der Waals surface area contributed by atoms with E-state index in [9.17, 15) is 18.3 Å². The van der Waals surface area contributed by atoms with Gasteiger partial charge in [-0.1, -0.05) is 25.1 Å². The Morgan fingerprint density at radius 1 is 1.17 bits per heavy atom. The van der Waals surface area contributed by atoms with Crippen molar-refractivity contribution < 1.29 is 18.3 Å². The van der Waals surface area contributed by atoms with Crippen LogP contribution in [0.15, 0.2) is 53.4 Å². The maximum atomic E-state index is 12.4. The zero-order valence-electron chi connectivity index (χ0n) is 13.5. The number of benzene rings is 2. The van der Waals surface area contributed by atoms with Gasteiger partial charge in [0.2, 0.25) is 0 Å². The van der Waals surface area contributed by atoms with Crippen molar-refractivity contribution in [2.75, 3.05) is 10.0 Å². The van der Waals surface area contributed by atoms with Gasteiger partial charge in [-0.05, 0) is 43.7 Å². The third-order valence-electron chi connectivity index (χ3n) is 3.57. The lowest BCUT2D eigenvalue weighted by atomic mass is 10.1. The second kappa shape index (κ2) is 7.35. The van der Waals surface area contributed by atoms with Gasteiger partial charge in [-0.2, -0.15) is 0 Å². The second-order valence-electron chi connectivity index (χ2n) is 5.44. The molecule has 0 aromatic heterocycles. The van der Waals surface area contributed by atoms with Gasteiger partial charge in [0.15, 0.2) is 0 Å². The lowest BCUT2D eigenvalue weighted by molar-refractivity contribution is 0.0697. The van der Waals surface area contributed by atoms with Crippen molar-refractivity contribution in [3.63, 3.8) is 0 Å². The van der Waals surface area contributed by atoms with E-state index in [1.54, 1.807) is 30.3 Å². The molecule has 0 saturated carbocycles. The maximum absolute atomic E-state index is 12.4. The summed E-state index contributed by atoms with van der Waals surface area (Å²) in [5.41, 5.74) is 0.734. The van der Waals surface area contributed by atoms with Crippen LogP contribution in [-0.4, -0.2) is 25.5 Å². The van der Waals surface area contributed by atoms with Gasteiger partial charge in [0.05, 0.1) is 10.5 Å². The van der Waals surface area contributed by atoms with Crippen LogP contribution in [0, 0.1) is 0 Å². The number of rotatable bonds is 7. The van der Waals surface area contributed by atoms with Crippen molar-refractivity contribution in [1.82, 2.24) is 0 Å². The molecule has 0 spiro atoms. The third-order valence-corrected chi connectivity index (χ3v) is 4.95. The molecular weight excluding hydrogens is 328 g/mol. The van der Waals surface area contributed by atoms with Crippen LogP contribution in [0.4, 0.5) is 11.4 Å². The zero-order chi connectivity index (χ0) is 17.7. The predicted octanol–water partition coefficient (Wildman–Crippen LogP) is 3.40. The van der Waals surface area contributed by atoms with Crippen molar-refractivity contribution in [1.29, 1.82) is 0 Å². The Morgan fingerprint density at radius 3 is 2.42 bits per heavy atom. The number of nitrogens with one attached hydrogen (secondary N) is 2. The molecule has 2 aromatic rings. The molecule has 0 bridgehead atoms. The van der Waals surface area contributed by atoms with E-state index >= 15 is 0 Å². The number of hydrogen-bond acceptors (Lipinski definition) is 4. The van der Waals surface area contributed by atoms with E-state index in [1.807, 2.05) is 13.8 Å². The Morgan fingerprint density at radius 2 is 1.83 bits per heavy atom. The Bertz CT molecular complexity index is 820. The van der Waals surface area contributed by atoms with E-state index < -0.39 is 16.0 Å².